The van der Waals surface area contributed by atoms with Crippen LogP contribution in [0.3, 0.4) is 0 Å². The van der Waals surface area contributed by atoms with E-state index in [2.05, 4.69) is 5.10 Å². The van der Waals surface area contributed by atoms with Gasteiger partial charge in [-0.1, -0.05) is 13.8 Å². The third kappa shape index (κ3) is 3.16. The third-order valence-corrected chi connectivity index (χ3v) is 1.38. The second-order valence-electron chi connectivity index (χ2n) is 2.25. The second-order valence-corrected chi connectivity index (χ2v) is 2.25. The zero-order chi connectivity index (χ0) is 8.85. The zero-order valence-corrected chi connectivity index (χ0v) is 7.72. The van der Waals surface area contributed by atoms with Crippen LogP contribution >= 0.6 is 0 Å². The summed E-state index contributed by atoms with van der Waals surface area (Å²) in [7, 11) is 1.69. The van der Waals surface area contributed by atoms with Crippen LogP contribution < -0.4 is 0 Å². The number of carbonyl (C=O) groups is 1. The molecule has 0 N–H and O–H groups in total. The molecule has 11 heavy (non-hydrogen) atoms. The molecule has 0 bridgehead atoms. The molecule has 3 heteroatoms. The Hall–Kier alpha value is -0.860. The van der Waals surface area contributed by atoms with Crippen molar-refractivity contribution in [1.29, 1.82) is 0 Å². The Labute approximate surface area is 68.1 Å². The van der Waals surface area contributed by atoms with E-state index in [1.54, 1.807) is 7.05 Å². The van der Waals surface area contributed by atoms with Crippen LogP contribution in [0.5, 0.6) is 0 Å². The van der Waals surface area contributed by atoms with E-state index in [0.29, 0.717) is 6.42 Å². The molecule has 1 aliphatic heterocycles. The molecule has 0 spiro atoms. The van der Waals surface area contributed by atoms with E-state index in [-0.39, 0.29) is 5.91 Å². The van der Waals surface area contributed by atoms with Crippen molar-refractivity contribution in [3.63, 3.8) is 0 Å². The largest absolute Gasteiger partial charge is 0.273 e. The molecule has 64 valence electrons. The van der Waals surface area contributed by atoms with Gasteiger partial charge in [-0.25, -0.2) is 5.01 Å². The van der Waals surface area contributed by atoms with Crippen molar-refractivity contribution in [3.05, 3.63) is 0 Å². The highest BCUT2D eigenvalue weighted by atomic mass is 16.2. The lowest BCUT2D eigenvalue weighted by Gasteiger charge is -2.16. The fraction of sp³-hybridized carbons (Fsp3) is 0.750. The van der Waals surface area contributed by atoms with Gasteiger partial charge in [-0.3, -0.25) is 4.79 Å². The molecule has 1 rings (SSSR count). The van der Waals surface area contributed by atoms with Crippen molar-refractivity contribution in [2.45, 2.75) is 33.6 Å². The second kappa shape index (κ2) is 4.88. The molecule has 0 saturated heterocycles. The Morgan fingerprint density at radius 3 is 2.27 bits per heavy atom. The fourth-order valence-electron chi connectivity index (χ4n) is 0.811. The Morgan fingerprint density at radius 2 is 1.91 bits per heavy atom. The Morgan fingerprint density at radius 1 is 1.36 bits per heavy atom. The first-order valence-corrected chi connectivity index (χ1v) is 4.01. The Balaban J connectivity index is 0.000000461. The molecule has 1 amide bonds. The number of hydrogen-bond donors (Lipinski definition) is 0. The van der Waals surface area contributed by atoms with Gasteiger partial charge in [-0.15, -0.1) is 0 Å². The molecule has 0 aromatic rings. The average Bonchev–Trinajstić information content (AvgIpc) is 2.02. The Kier molecular flexibility index (Phi) is 4.50. The summed E-state index contributed by atoms with van der Waals surface area (Å²) >= 11 is 0. The summed E-state index contributed by atoms with van der Waals surface area (Å²) in [6, 6.07) is 0. The molecular formula is C8H16N2O. The standard InChI is InChI=1S/C6H10N2O.C2H6/c1-5-3-4-6(9)8(2)7-5;1-2/h3-4H2,1-2H3;1-2H3. The SMILES string of the molecule is CC.CC1=NN(C)C(=O)CC1. The monoisotopic (exact) mass is 156 g/mol. The molecule has 0 radical (unpaired) electrons. The number of hydrogen-bond acceptors (Lipinski definition) is 2. The maximum atomic E-state index is 10.8. The van der Waals surface area contributed by atoms with E-state index in [0.717, 1.165) is 12.1 Å². The van der Waals surface area contributed by atoms with Crippen LogP contribution in [0.2, 0.25) is 0 Å². The van der Waals surface area contributed by atoms with Gasteiger partial charge in [-0.2, -0.15) is 5.10 Å². The lowest BCUT2D eigenvalue weighted by molar-refractivity contribution is -0.130. The summed E-state index contributed by atoms with van der Waals surface area (Å²) in [5.41, 5.74) is 1.04. The lowest BCUT2D eigenvalue weighted by atomic mass is 10.2. The predicted molar refractivity (Wildman–Crippen MR) is 46.5 cm³/mol. The summed E-state index contributed by atoms with van der Waals surface area (Å²) in [5.74, 6) is 0.112. The molecule has 0 fully saturated rings. The van der Waals surface area contributed by atoms with Crippen LogP contribution in [-0.2, 0) is 4.79 Å². The minimum Gasteiger partial charge on any atom is -0.273 e. The predicted octanol–water partition coefficient (Wildman–Crippen LogP) is 1.64. The molecule has 1 heterocycles. The maximum Gasteiger partial charge on any atom is 0.242 e. The molecular weight excluding hydrogens is 140 g/mol. The van der Waals surface area contributed by atoms with Crippen LogP contribution in [0.15, 0.2) is 5.10 Å². The molecule has 0 saturated carbocycles. The van der Waals surface area contributed by atoms with Gasteiger partial charge >= 0.3 is 0 Å². The third-order valence-electron chi connectivity index (χ3n) is 1.38. The Bertz CT molecular complexity index is 163. The zero-order valence-electron chi connectivity index (χ0n) is 7.72. The summed E-state index contributed by atoms with van der Waals surface area (Å²) in [4.78, 5) is 10.8. The first kappa shape index (κ1) is 10.1. The first-order valence-electron chi connectivity index (χ1n) is 4.01. The van der Waals surface area contributed by atoms with Crippen molar-refractivity contribution in [1.82, 2.24) is 5.01 Å². The number of hydrazone groups is 1. The molecule has 0 unspecified atom stereocenters. The fourth-order valence-corrected chi connectivity index (χ4v) is 0.811. The number of rotatable bonds is 0. The van der Waals surface area contributed by atoms with Crippen molar-refractivity contribution in [2.75, 3.05) is 7.05 Å². The number of nitrogens with zero attached hydrogens (tertiary/aromatic N) is 2. The van der Waals surface area contributed by atoms with Gasteiger partial charge in [0.1, 0.15) is 0 Å². The summed E-state index contributed by atoms with van der Waals surface area (Å²) in [6.45, 7) is 5.93. The minimum absolute atomic E-state index is 0.112. The van der Waals surface area contributed by atoms with E-state index < -0.39 is 0 Å². The van der Waals surface area contributed by atoms with Gasteiger partial charge in [0.15, 0.2) is 0 Å². The van der Waals surface area contributed by atoms with Crippen molar-refractivity contribution in [2.24, 2.45) is 5.10 Å². The van der Waals surface area contributed by atoms with Gasteiger partial charge < -0.3 is 0 Å². The van der Waals surface area contributed by atoms with Crippen LogP contribution in [0.1, 0.15) is 33.6 Å². The normalized spacial score (nSPS) is 16.9. The van der Waals surface area contributed by atoms with Gasteiger partial charge in [0.2, 0.25) is 5.91 Å². The quantitative estimate of drug-likeness (QED) is 0.524. The average molecular weight is 156 g/mol. The van der Waals surface area contributed by atoms with E-state index in [1.807, 2.05) is 20.8 Å². The highest BCUT2D eigenvalue weighted by Gasteiger charge is 2.12. The molecule has 1 aliphatic rings. The first-order chi connectivity index (χ1) is 5.20. The summed E-state index contributed by atoms with van der Waals surface area (Å²) in [5, 5.41) is 5.37. The van der Waals surface area contributed by atoms with Gasteiger partial charge in [0, 0.05) is 19.2 Å². The molecule has 0 atom stereocenters. The summed E-state index contributed by atoms with van der Waals surface area (Å²) in [6.07, 6.45) is 1.44. The number of carbonyl (C=O) groups excluding carboxylic acids is 1. The van der Waals surface area contributed by atoms with Crippen LogP contribution in [-0.4, -0.2) is 23.7 Å². The van der Waals surface area contributed by atoms with Crippen LogP contribution in [0, 0.1) is 0 Å². The lowest BCUT2D eigenvalue weighted by Crippen LogP contribution is -2.26. The van der Waals surface area contributed by atoms with E-state index >= 15 is 0 Å². The van der Waals surface area contributed by atoms with Crippen molar-refractivity contribution in [3.8, 4) is 0 Å². The minimum atomic E-state index is 0.112. The van der Waals surface area contributed by atoms with E-state index in [1.165, 1.54) is 5.01 Å². The molecule has 0 aliphatic carbocycles. The van der Waals surface area contributed by atoms with Crippen LogP contribution in [0.4, 0.5) is 0 Å². The van der Waals surface area contributed by atoms with Crippen molar-refractivity contribution >= 4 is 11.6 Å². The van der Waals surface area contributed by atoms with Gasteiger partial charge in [0.25, 0.3) is 0 Å². The molecule has 0 aromatic carbocycles. The maximum absolute atomic E-state index is 10.8. The van der Waals surface area contributed by atoms with Gasteiger partial charge in [-0.05, 0) is 13.3 Å². The van der Waals surface area contributed by atoms with Gasteiger partial charge in [0.05, 0.1) is 0 Å². The van der Waals surface area contributed by atoms with Crippen LogP contribution in [0.25, 0.3) is 0 Å². The summed E-state index contributed by atoms with van der Waals surface area (Å²) < 4.78 is 0. The van der Waals surface area contributed by atoms with E-state index in [9.17, 15) is 4.79 Å². The molecule has 0 aromatic heterocycles. The highest BCUT2D eigenvalue weighted by Crippen LogP contribution is 2.05. The smallest absolute Gasteiger partial charge is 0.242 e. The van der Waals surface area contributed by atoms with E-state index in [4.69, 9.17) is 0 Å². The highest BCUT2D eigenvalue weighted by molar-refractivity contribution is 5.90. The topological polar surface area (TPSA) is 32.7 Å². The van der Waals surface area contributed by atoms with Crippen molar-refractivity contribution < 1.29 is 4.79 Å². The molecule has 3 nitrogen and oxygen atoms in total. The number of amides is 1.